The topological polar surface area (TPSA) is 34.5 Å². The molecule has 1 saturated heterocycles. The van der Waals surface area contributed by atoms with Gasteiger partial charge in [0.05, 0.1) is 19.3 Å². The minimum atomic E-state index is 0.0825. The van der Waals surface area contributed by atoms with Crippen molar-refractivity contribution in [2.24, 2.45) is 18.9 Å². The maximum absolute atomic E-state index is 12.4. The van der Waals surface area contributed by atoms with Gasteiger partial charge >= 0.3 is 0 Å². The number of carbonyl (C=O) groups excluding carboxylic acids is 1. The third-order valence-electron chi connectivity index (χ3n) is 4.16. The van der Waals surface area contributed by atoms with E-state index in [1.54, 1.807) is 0 Å². The third-order valence-corrected chi connectivity index (χ3v) is 4.16. The van der Waals surface area contributed by atoms with Crippen molar-refractivity contribution in [1.29, 1.82) is 0 Å². The van der Waals surface area contributed by atoms with Gasteiger partial charge in [-0.05, 0) is 24.5 Å². The van der Waals surface area contributed by atoms with E-state index in [1.165, 1.54) is 0 Å². The monoisotopic (exact) mass is 248 g/mol. The zero-order chi connectivity index (χ0) is 12.7. The fourth-order valence-corrected chi connectivity index (χ4v) is 2.81. The van der Waals surface area contributed by atoms with Gasteiger partial charge in [-0.25, -0.2) is 0 Å². The molecule has 0 spiro atoms. The molecule has 4 nitrogen and oxygen atoms in total. The van der Waals surface area contributed by atoms with Crippen molar-refractivity contribution >= 4 is 5.91 Å². The van der Waals surface area contributed by atoms with Gasteiger partial charge in [0.15, 0.2) is 0 Å². The van der Waals surface area contributed by atoms with E-state index in [2.05, 4.69) is 17.6 Å². The first-order chi connectivity index (χ1) is 8.68. The number of carbonyl (C=O) groups is 1. The molecular weight excluding hydrogens is 228 g/mol. The zero-order valence-corrected chi connectivity index (χ0v) is 11.0. The summed E-state index contributed by atoms with van der Waals surface area (Å²) in [4.78, 5) is 14.5. The first-order valence-corrected chi connectivity index (χ1v) is 6.68. The summed E-state index contributed by atoms with van der Waals surface area (Å²) in [7, 11) is 2.02. The quantitative estimate of drug-likeness (QED) is 0.796. The molecule has 3 atom stereocenters. The Balaban J connectivity index is 1.82. The Kier molecular flexibility index (Phi) is 2.90. The van der Waals surface area contributed by atoms with E-state index in [9.17, 15) is 4.79 Å². The molecule has 2 fully saturated rings. The van der Waals surface area contributed by atoms with Crippen LogP contribution in [0.2, 0.25) is 0 Å². The molecule has 98 valence electrons. The van der Waals surface area contributed by atoms with Crippen LogP contribution in [-0.2, 0) is 16.6 Å². The lowest BCUT2D eigenvalue weighted by Gasteiger charge is -2.36. The number of amides is 1. The fraction of sp³-hybridized carbons (Fsp3) is 0.643. The molecule has 1 aliphatic heterocycles. The average Bonchev–Trinajstić information content (AvgIpc) is 2.95. The van der Waals surface area contributed by atoms with Gasteiger partial charge < -0.3 is 14.2 Å². The van der Waals surface area contributed by atoms with Crippen molar-refractivity contribution in [3.05, 3.63) is 24.0 Å². The van der Waals surface area contributed by atoms with Gasteiger partial charge in [-0.2, -0.15) is 0 Å². The molecular formula is C14H20N2O2. The Labute approximate surface area is 108 Å². The minimum Gasteiger partial charge on any atom is -0.377 e. The first kappa shape index (κ1) is 11.8. The fourth-order valence-electron chi connectivity index (χ4n) is 2.81. The predicted octanol–water partition coefficient (Wildman–Crippen LogP) is 1.58. The molecule has 1 aromatic rings. The average molecular weight is 248 g/mol. The second-order valence-electron chi connectivity index (χ2n) is 5.49. The van der Waals surface area contributed by atoms with E-state index in [-0.39, 0.29) is 12.0 Å². The molecule has 1 aromatic heterocycles. The molecule has 2 heterocycles. The van der Waals surface area contributed by atoms with Gasteiger partial charge in [-0.1, -0.05) is 6.92 Å². The number of hydrogen-bond acceptors (Lipinski definition) is 2. The predicted molar refractivity (Wildman–Crippen MR) is 68.0 cm³/mol. The van der Waals surface area contributed by atoms with Crippen molar-refractivity contribution in [2.45, 2.75) is 19.4 Å². The molecule has 0 unspecified atom stereocenters. The molecule has 4 heteroatoms. The Hall–Kier alpha value is -1.29. The largest absolute Gasteiger partial charge is 0.377 e. The Morgan fingerprint density at radius 2 is 2.28 bits per heavy atom. The number of morpholine rings is 1. The number of aromatic nitrogens is 1. The highest BCUT2D eigenvalue weighted by Crippen LogP contribution is 2.41. The lowest BCUT2D eigenvalue weighted by Crippen LogP contribution is -2.44. The summed E-state index contributed by atoms with van der Waals surface area (Å²) >= 11 is 0. The minimum absolute atomic E-state index is 0.0825. The van der Waals surface area contributed by atoms with Crippen molar-refractivity contribution in [2.75, 3.05) is 19.8 Å². The van der Waals surface area contributed by atoms with E-state index in [1.807, 2.05) is 24.2 Å². The van der Waals surface area contributed by atoms with Crippen LogP contribution in [0.1, 0.15) is 25.1 Å². The number of aryl methyl sites for hydroxylation is 1. The maximum Gasteiger partial charge on any atom is 0.226 e. The van der Waals surface area contributed by atoms with Crippen molar-refractivity contribution < 1.29 is 9.53 Å². The van der Waals surface area contributed by atoms with Crippen molar-refractivity contribution in [1.82, 2.24) is 9.47 Å². The summed E-state index contributed by atoms with van der Waals surface area (Å²) < 4.78 is 7.64. The van der Waals surface area contributed by atoms with Crippen LogP contribution in [-0.4, -0.2) is 35.1 Å². The number of nitrogens with zero attached hydrogens (tertiary/aromatic N) is 2. The van der Waals surface area contributed by atoms with E-state index < -0.39 is 0 Å². The smallest absolute Gasteiger partial charge is 0.226 e. The van der Waals surface area contributed by atoms with E-state index in [4.69, 9.17) is 4.74 Å². The van der Waals surface area contributed by atoms with Crippen LogP contribution in [0, 0.1) is 11.8 Å². The number of hydrogen-bond donors (Lipinski definition) is 0. The van der Waals surface area contributed by atoms with Crippen LogP contribution in [0.4, 0.5) is 0 Å². The van der Waals surface area contributed by atoms with Crippen LogP contribution >= 0.6 is 0 Å². The van der Waals surface area contributed by atoms with Gasteiger partial charge in [-0.15, -0.1) is 0 Å². The van der Waals surface area contributed by atoms with Crippen LogP contribution in [0.25, 0.3) is 0 Å². The molecule has 18 heavy (non-hydrogen) atoms. The van der Waals surface area contributed by atoms with Crippen LogP contribution < -0.4 is 0 Å². The lowest BCUT2D eigenvalue weighted by atomic mass is 10.1. The Morgan fingerprint density at radius 1 is 1.50 bits per heavy atom. The highest BCUT2D eigenvalue weighted by Gasteiger charge is 2.44. The van der Waals surface area contributed by atoms with Gasteiger partial charge in [0, 0.05) is 31.4 Å². The van der Waals surface area contributed by atoms with Crippen LogP contribution in [0.15, 0.2) is 18.3 Å². The molecule has 0 aromatic carbocycles. The summed E-state index contributed by atoms with van der Waals surface area (Å²) in [5.41, 5.74) is 1.16. The molecule has 0 N–H and O–H groups in total. The third kappa shape index (κ3) is 1.94. The molecule has 0 bridgehead atoms. The van der Waals surface area contributed by atoms with Gasteiger partial charge in [0.25, 0.3) is 0 Å². The maximum atomic E-state index is 12.4. The zero-order valence-electron chi connectivity index (χ0n) is 11.0. The highest BCUT2D eigenvalue weighted by atomic mass is 16.5. The van der Waals surface area contributed by atoms with Crippen LogP contribution in [0.5, 0.6) is 0 Å². The lowest BCUT2D eigenvalue weighted by molar-refractivity contribution is -0.142. The Morgan fingerprint density at radius 3 is 2.89 bits per heavy atom. The van der Waals surface area contributed by atoms with Gasteiger partial charge in [0.2, 0.25) is 5.91 Å². The molecule has 1 saturated carbocycles. The van der Waals surface area contributed by atoms with E-state index >= 15 is 0 Å². The molecule has 1 aliphatic carbocycles. The van der Waals surface area contributed by atoms with Crippen LogP contribution in [0.3, 0.4) is 0 Å². The molecule has 2 aliphatic rings. The van der Waals surface area contributed by atoms with Crippen molar-refractivity contribution in [3.63, 3.8) is 0 Å². The Bertz CT molecular complexity index is 454. The van der Waals surface area contributed by atoms with Gasteiger partial charge in [0.1, 0.15) is 0 Å². The van der Waals surface area contributed by atoms with E-state index in [0.29, 0.717) is 25.0 Å². The summed E-state index contributed by atoms with van der Waals surface area (Å²) in [6.07, 6.45) is 3.07. The van der Waals surface area contributed by atoms with Gasteiger partial charge in [-0.3, -0.25) is 4.79 Å². The highest BCUT2D eigenvalue weighted by molar-refractivity contribution is 5.82. The summed E-state index contributed by atoms with van der Waals surface area (Å²) in [6, 6.07) is 4.18. The standard InChI is InChI=1S/C14H20N2O2/c1-10-8-11(10)14(17)16-6-7-18-9-13(16)12-4-3-5-15(12)2/h3-5,10-11,13H,6-9H2,1-2H3/t10-,11-,13-/m1/s1. The first-order valence-electron chi connectivity index (χ1n) is 6.68. The molecule has 1 amide bonds. The molecule has 3 rings (SSSR count). The normalized spacial score (nSPS) is 31.4. The number of ether oxygens (including phenoxy) is 1. The summed E-state index contributed by atoms with van der Waals surface area (Å²) in [5.74, 6) is 1.14. The second kappa shape index (κ2) is 4.43. The summed E-state index contributed by atoms with van der Waals surface area (Å²) in [5, 5.41) is 0. The van der Waals surface area contributed by atoms with Crippen molar-refractivity contribution in [3.8, 4) is 0 Å². The summed E-state index contributed by atoms with van der Waals surface area (Å²) in [6.45, 7) is 4.15. The second-order valence-corrected chi connectivity index (χ2v) is 5.49. The molecule has 0 radical (unpaired) electrons. The SMILES string of the molecule is C[C@@H]1C[C@H]1C(=O)N1CCOC[C@@H]1c1cccn1C. The number of rotatable bonds is 2. The van der Waals surface area contributed by atoms with E-state index in [0.717, 1.165) is 18.7 Å².